The van der Waals surface area contributed by atoms with Gasteiger partial charge in [-0.3, -0.25) is 14.4 Å². The number of Topliss-reactive ketones (excluding diaryl/α,β-unsaturated/α-hetero) is 1. The van der Waals surface area contributed by atoms with E-state index >= 15 is 14.4 Å². The Hall–Kier alpha value is -6.28. The topological polar surface area (TPSA) is 99.2 Å². The summed E-state index contributed by atoms with van der Waals surface area (Å²) < 4.78 is 15.9. The highest BCUT2D eigenvalue weighted by Crippen LogP contribution is 2.74. The van der Waals surface area contributed by atoms with Crippen LogP contribution in [0.3, 0.4) is 0 Å². The molecule has 0 aromatic heterocycles. The molecule has 252 valence electrons. The molecule has 8 nitrogen and oxygen atoms in total. The molecule has 5 aromatic rings. The van der Waals surface area contributed by atoms with Crippen LogP contribution in [0, 0.1) is 11.8 Å². The van der Waals surface area contributed by atoms with Crippen LogP contribution >= 0.6 is 0 Å². The molecule has 0 spiro atoms. The lowest BCUT2D eigenvalue weighted by Crippen LogP contribution is -2.45. The van der Waals surface area contributed by atoms with Gasteiger partial charge >= 0.3 is 5.97 Å². The van der Waals surface area contributed by atoms with E-state index in [4.69, 9.17) is 14.2 Å². The summed E-state index contributed by atoms with van der Waals surface area (Å²) in [4.78, 5) is 59.8. The minimum absolute atomic E-state index is 0.221. The number of hydrogen-bond donors (Lipinski definition) is 0. The van der Waals surface area contributed by atoms with E-state index in [-0.39, 0.29) is 11.3 Å². The number of imide groups is 1. The number of benzene rings is 5. The van der Waals surface area contributed by atoms with Crippen molar-refractivity contribution in [2.45, 2.75) is 10.8 Å². The number of amides is 2. The van der Waals surface area contributed by atoms with Crippen LogP contribution in [-0.4, -0.2) is 44.9 Å². The van der Waals surface area contributed by atoms with E-state index in [0.29, 0.717) is 39.5 Å². The van der Waals surface area contributed by atoms with Gasteiger partial charge in [-0.15, -0.1) is 0 Å². The van der Waals surface area contributed by atoms with E-state index < -0.39 is 40.4 Å². The van der Waals surface area contributed by atoms with Crippen LogP contribution in [0.1, 0.15) is 32.6 Å². The number of methoxy groups -OCH3 is 3. The molecule has 0 radical (unpaired) electrons. The number of carbonyl (C=O) groups excluding carboxylic acids is 4. The van der Waals surface area contributed by atoms with Crippen molar-refractivity contribution in [2.24, 2.45) is 11.8 Å². The zero-order chi connectivity index (χ0) is 35.5. The average molecular weight is 676 g/mol. The van der Waals surface area contributed by atoms with Crippen LogP contribution in [0.5, 0.6) is 11.5 Å². The quantitative estimate of drug-likeness (QED) is 0.134. The van der Waals surface area contributed by atoms with Crippen LogP contribution in [-0.2, 0) is 30.0 Å². The Morgan fingerprint density at radius 1 is 0.549 bits per heavy atom. The number of nitrogens with zero attached hydrogens (tertiary/aromatic N) is 1. The van der Waals surface area contributed by atoms with Crippen molar-refractivity contribution in [2.75, 3.05) is 26.2 Å². The Labute approximate surface area is 294 Å². The zero-order valence-electron chi connectivity index (χ0n) is 28.2. The molecule has 1 heterocycles. The van der Waals surface area contributed by atoms with Crippen LogP contribution in [0.2, 0.25) is 0 Å². The second kappa shape index (κ2) is 11.9. The van der Waals surface area contributed by atoms with E-state index in [9.17, 15) is 4.79 Å². The van der Waals surface area contributed by atoms with Crippen molar-refractivity contribution in [1.82, 2.24) is 0 Å². The van der Waals surface area contributed by atoms with Gasteiger partial charge in [0.25, 0.3) is 0 Å². The first-order valence-corrected chi connectivity index (χ1v) is 16.6. The van der Waals surface area contributed by atoms with Crippen molar-refractivity contribution in [3.05, 3.63) is 161 Å². The Morgan fingerprint density at radius 3 is 1.33 bits per heavy atom. The molecular weight excluding hydrogens is 642 g/mol. The first kappa shape index (κ1) is 32.0. The summed E-state index contributed by atoms with van der Waals surface area (Å²) in [5.74, 6) is -2.61. The second-order valence-electron chi connectivity index (χ2n) is 12.9. The minimum Gasteiger partial charge on any atom is -0.497 e. The highest BCUT2D eigenvalue weighted by atomic mass is 16.5. The number of fused-ring (bicyclic) bond motifs is 5. The normalized spacial score (nSPS) is 23.4. The van der Waals surface area contributed by atoms with Crippen molar-refractivity contribution < 1.29 is 33.4 Å². The van der Waals surface area contributed by atoms with Gasteiger partial charge in [0.15, 0.2) is 5.78 Å². The van der Waals surface area contributed by atoms with Crippen LogP contribution in [0.25, 0.3) is 11.1 Å². The maximum atomic E-state index is 16.1. The van der Waals surface area contributed by atoms with Gasteiger partial charge in [0.1, 0.15) is 11.5 Å². The van der Waals surface area contributed by atoms with Gasteiger partial charge in [0.2, 0.25) is 11.8 Å². The summed E-state index contributed by atoms with van der Waals surface area (Å²) in [5, 5.41) is 0. The number of rotatable bonds is 8. The lowest BCUT2D eigenvalue weighted by molar-refractivity contribution is -0.130. The molecule has 51 heavy (non-hydrogen) atoms. The van der Waals surface area contributed by atoms with Crippen LogP contribution < -0.4 is 14.4 Å². The smallest absolute Gasteiger partial charge is 0.337 e. The molecule has 8 heteroatoms. The Kier molecular flexibility index (Phi) is 7.49. The Balaban J connectivity index is 1.49. The minimum atomic E-state index is -1.56. The number of allylic oxidation sites excluding steroid dienone is 2. The fraction of sp³-hybridized carbons (Fsp3) is 0.163. The molecule has 8 rings (SSSR count). The summed E-state index contributed by atoms with van der Waals surface area (Å²) in [6.45, 7) is 0. The average Bonchev–Trinajstić information content (AvgIpc) is 3.70. The molecule has 2 aliphatic carbocycles. The molecule has 2 bridgehead atoms. The predicted molar refractivity (Wildman–Crippen MR) is 191 cm³/mol. The van der Waals surface area contributed by atoms with Gasteiger partial charge in [-0.1, -0.05) is 84.9 Å². The molecule has 2 amide bonds. The number of esters is 1. The van der Waals surface area contributed by atoms with Gasteiger partial charge < -0.3 is 14.2 Å². The van der Waals surface area contributed by atoms with E-state index in [2.05, 4.69) is 0 Å². The van der Waals surface area contributed by atoms with Gasteiger partial charge in [-0.2, -0.15) is 0 Å². The highest BCUT2D eigenvalue weighted by Gasteiger charge is 2.82. The SMILES string of the molecule is COC(=O)c1ccc(N2C(=O)[C@@H]3[C@H](C2=O)[C@]2(c4ccccc4)C(=O)[C@@]3(c3ccccc3)C(c3ccc(OC)cc3)=C2c2ccc(OC)cc2)cc1. The van der Waals surface area contributed by atoms with Crippen LogP contribution in [0.4, 0.5) is 5.69 Å². The van der Waals surface area contributed by atoms with Gasteiger partial charge in [0, 0.05) is 0 Å². The van der Waals surface area contributed by atoms with Crippen molar-refractivity contribution >= 4 is 40.4 Å². The lowest BCUT2D eigenvalue weighted by atomic mass is 9.59. The molecule has 1 aliphatic heterocycles. The standard InChI is InChI=1S/C43H33NO7/c1-49-32-22-16-26(17-23-32)34-35(27-18-24-33(50-2)25-19-27)43(30-12-8-5-9-13-30)37-36(42(34,41(43)48)29-10-6-4-7-11-29)38(45)44(39(37)46)31-20-14-28(15-21-31)40(47)51-3/h4-25,36-37H,1-3H3/t36-,37+,42-,43+. The van der Waals surface area contributed by atoms with Gasteiger partial charge in [-0.05, 0) is 81.9 Å². The summed E-state index contributed by atoms with van der Waals surface area (Å²) in [6.07, 6.45) is 0. The molecule has 1 saturated heterocycles. The molecule has 3 aliphatic rings. The van der Waals surface area contributed by atoms with Crippen molar-refractivity contribution in [3.8, 4) is 11.5 Å². The number of carbonyl (C=O) groups is 4. The van der Waals surface area contributed by atoms with Gasteiger partial charge in [0.05, 0.1) is 55.2 Å². The Morgan fingerprint density at radius 2 is 0.961 bits per heavy atom. The van der Waals surface area contributed by atoms with Crippen molar-refractivity contribution in [3.63, 3.8) is 0 Å². The maximum Gasteiger partial charge on any atom is 0.337 e. The van der Waals surface area contributed by atoms with E-state index in [0.717, 1.165) is 11.1 Å². The molecule has 0 N–H and O–H groups in total. The fourth-order valence-corrected chi connectivity index (χ4v) is 8.76. The zero-order valence-corrected chi connectivity index (χ0v) is 28.2. The summed E-state index contributed by atoms with van der Waals surface area (Å²) in [5.41, 5.74) is 1.53. The Bertz CT molecular complexity index is 2100. The molecule has 4 atom stereocenters. The molecular formula is C43H33NO7. The summed E-state index contributed by atoms with van der Waals surface area (Å²) >= 11 is 0. The van der Waals surface area contributed by atoms with E-state index in [1.807, 2.05) is 109 Å². The molecule has 1 saturated carbocycles. The first-order valence-electron chi connectivity index (χ1n) is 16.6. The lowest BCUT2D eigenvalue weighted by Gasteiger charge is -2.39. The first-order chi connectivity index (χ1) is 24.8. The molecule has 2 fully saturated rings. The fourth-order valence-electron chi connectivity index (χ4n) is 8.76. The third kappa shape index (κ3) is 4.26. The third-order valence-corrected chi connectivity index (χ3v) is 10.8. The number of anilines is 1. The number of ether oxygens (including phenoxy) is 3. The highest BCUT2D eigenvalue weighted by molar-refractivity contribution is 6.39. The van der Waals surface area contributed by atoms with Crippen LogP contribution in [0.15, 0.2) is 133 Å². The monoisotopic (exact) mass is 675 g/mol. The summed E-state index contributed by atoms with van der Waals surface area (Å²) in [7, 11) is 4.47. The number of ketones is 1. The predicted octanol–water partition coefficient (Wildman–Crippen LogP) is 6.68. The van der Waals surface area contributed by atoms with Crippen molar-refractivity contribution in [1.29, 1.82) is 0 Å². The van der Waals surface area contributed by atoms with E-state index in [1.165, 1.54) is 24.1 Å². The summed E-state index contributed by atoms with van der Waals surface area (Å²) in [6, 6.07) is 39.9. The third-order valence-electron chi connectivity index (χ3n) is 10.8. The van der Waals surface area contributed by atoms with Gasteiger partial charge in [-0.25, -0.2) is 9.69 Å². The number of hydrogen-bond acceptors (Lipinski definition) is 7. The molecule has 0 unspecified atom stereocenters. The largest absolute Gasteiger partial charge is 0.497 e. The second-order valence-corrected chi connectivity index (χ2v) is 12.9. The maximum absolute atomic E-state index is 16.1. The van der Waals surface area contributed by atoms with E-state index in [1.54, 1.807) is 26.4 Å². The molecule has 5 aromatic carbocycles.